The molecule has 0 heterocycles. The van der Waals surface area contributed by atoms with Crippen molar-refractivity contribution in [1.29, 1.82) is 0 Å². The molecule has 0 aromatic heterocycles. The number of carbonyl (C=O) groups is 1. The largest absolute Gasteiger partial charge is 0.508 e. The van der Waals surface area contributed by atoms with Crippen LogP contribution in [0.2, 0.25) is 0 Å². The third kappa shape index (κ3) is 11.7. The molecule has 1 atom stereocenters. The molecule has 1 aromatic rings. The lowest BCUT2D eigenvalue weighted by Crippen LogP contribution is -2.02. The maximum absolute atomic E-state index is 10.8. The van der Waals surface area contributed by atoms with Gasteiger partial charge in [-0.3, -0.25) is 4.79 Å². The van der Waals surface area contributed by atoms with Crippen molar-refractivity contribution in [3.8, 4) is 5.75 Å². The number of hydrogen-bond acceptors (Lipinski definition) is 2. The van der Waals surface area contributed by atoms with Crippen LogP contribution in [0.1, 0.15) is 115 Å². The first kappa shape index (κ1) is 23.5. The summed E-state index contributed by atoms with van der Waals surface area (Å²) < 4.78 is 0. The number of aromatic hydroxyl groups is 1. The molecule has 0 bridgehead atoms. The third-order valence-electron chi connectivity index (χ3n) is 5.48. The molecule has 0 aliphatic heterocycles. The highest BCUT2D eigenvalue weighted by atomic mass is 16.4. The normalized spacial score (nSPS) is 12.2. The summed E-state index contributed by atoms with van der Waals surface area (Å²) in [6, 6.07) is 7.52. The number of carboxylic acid groups (broad SMARTS) is 1. The van der Waals surface area contributed by atoms with Gasteiger partial charge in [0.05, 0.1) is 0 Å². The van der Waals surface area contributed by atoms with Crippen LogP contribution in [0.15, 0.2) is 24.3 Å². The van der Waals surface area contributed by atoms with E-state index in [1.807, 2.05) is 18.2 Å². The number of rotatable bonds is 17. The predicted octanol–water partition coefficient (Wildman–Crippen LogP) is 7.43. The molecular weight excluding hydrogens is 336 g/mol. The topological polar surface area (TPSA) is 57.5 Å². The van der Waals surface area contributed by atoms with Crippen molar-refractivity contribution in [2.75, 3.05) is 0 Å². The molecule has 0 spiro atoms. The lowest BCUT2D eigenvalue weighted by molar-refractivity contribution is -0.137. The highest BCUT2D eigenvalue weighted by Gasteiger charge is 2.15. The highest BCUT2D eigenvalue weighted by molar-refractivity contribution is 5.66. The van der Waals surface area contributed by atoms with Crippen molar-refractivity contribution in [2.45, 2.75) is 109 Å². The minimum atomic E-state index is -0.735. The van der Waals surface area contributed by atoms with E-state index in [4.69, 9.17) is 5.11 Å². The minimum Gasteiger partial charge on any atom is -0.508 e. The molecule has 3 nitrogen and oxygen atoms in total. The molecule has 0 fully saturated rings. The second kappa shape index (κ2) is 15.5. The molecule has 0 saturated heterocycles. The van der Waals surface area contributed by atoms with Crippen molar-refractivity contribution in [3.05, 3.63) is 29.8 Å². The number of phenolic OH excluding ortho intramolecular Hbond substituents is 1. The van der Waals surface area contributed by atoms with Gasteiger partial charge in [-0.2, -0.15) is 0 Å². The molecule has 0 aliphatic rings. The van der Waals surface area contributed by atoms with E-state index in [0.717, 1.165) is 24.8 Å². The molecule has 1 rings (SSSR count). The van der Waals surface area contributed by atoms with Crippen molar-refractivity contribution in [1.82, 2.24) is 0 Å². The van der Waals surface area contributed by atoms with E-state index >= 15 is 0 Å². The van der Waals surface area contributed by atoms with Crippen LogP contribution in [0.25, 0.3) is 0 Å². The van der Waals surface area contributed by atoms with Crippen molar-refractivity contribution < 1.29 is 15.0 Å². The van der Waals surface area contributed by atoms with E-state index in [-0.39, 0.29) is 12.3 Å². The van der Waals surface area contributed by atoms with E-state index in [1.54, 1.807) is 6.07 Å². The summed E-state index contributed by atoms with van der Waals surface area (Å²) >= 11 is 0. The average molecular weight is 377 g/mol. The first-order valence-electron chi connectivity index (χ1n) is 11.1. The average Bonchev–Trinajstić information content (AvgIpc) is 2.65. The van der Waals surface area contributed by atoms with Gasteiger partial charge in [-0.25, -0.2) is 0 Å². The molecule has 0 amide bonds. The van der Waals surface area contributed by atoms with Crippen LogP contribution in [0.5, 0.6) is 5.75 Å². The zero-order valence-corrected chi connectivity index (χ0v) is 17.3. The fourth-order valence-corrected chi connectivity index (χ4v) is 3.84. The fourth-order valence-electron chi connectivity index (χ4n) is 3.84. The van der Waals surface area contributed by atoms with E-state index in [1.165, 1.54) is 64.2 Å². The molecule has 2 N–H and O–H groups in total. The Morgan fingerprint density at radius 2 is 1.33 bits per heavy atom. The first-order chi connectivity index (χ1) is 13.1. The Bertz CT molecular complexity index is 498. The van der Waals surface area contributed by atoms with Gasteiger partial charge >= 0.3 is 5.97 Å². The van der Waals surface area contributed by atoms with Crippen molar-refractivity contribution in [2.24, 2.45) is 0 Å². The molecule has 1 aromatic carbocycles. The van der Waals surface area contributed by atoms with Gasteiger partial charge < -0.3 is 10.2 Å². The third-order valence-corrected chi connectivity index (χ3v) is 5.48. The van der Waals surface area contributed by atoms with Gasteiger partial charge in [-0.05, 0) is 36.8 Å². The SMILES string of the molecule is CCCCCCCCCCCCCC(CCCC(=O)O)c1ccccc1O. The lowest BCUT2D eigenvalue weighted by Gasteiger charge is -2.18. The highest BCUT2D eigenvalue weighted by Crippen LogP contribution is 2.33. The van der Waals surface area contributed by atoms with Gasteiger partial charge in [0.2, 0.25) is 0 Å². The van der Waals surface area contributed by atoms with Crippen LogP contribution >= 0.6 is 0 Å². The van der Waals surface area contributed by atoms with Crippen LogP contribution in [0, 0.1) is 0 Å². The smallest absolute Gasteiger partial charge is 0.303 e. The second-order valence-corrected chi connectivity index (χ2v) is 7.87. The van der Waals surface area contributed by atoms with Crippen LogP contribution in [-0.2, 0) is 4.79 Å². The molecule has 0 saturated carbocycles. The van der Waals surface area contributed by atoms with Gasteiger partial charge in [0.15, 0.2) is 0 Å². The Balaban J connectivity index is 2.21. The monoisotopic (exact) mass is 376 g/mol. The zero-order valence-electron chi connectivity index (χ0n) is 17.3. The predicted molar refractivity (Wildman–Crippen MR) is 113 cm³/mol. The molecule has 1 unspecified atom stereocenters. The molecule has 154 valence electrons. The summed E-state index contributed by atoms with van der Waals surface area (Å²) in [5.41, 5.74) is 0.981. The first-order valence-corrected chi connectivity index (χ1v) is 11.1. The van der Waals surface area contributed by atoms with E-state index < -0.39 is 5.97 Å². The van der Waals surface area contributed by atoms with Gasteiger partial charge in [0, 0.05) is 6.42 Å². The summed E-state index contributed by atoms with van der Waals surface area (Å²) in [5, 5.41) is 19.0. The Morgan fingerprint density at radius 3 is 1.89 bits per heavy atom. The quantitative estimate of drug-likeness (QED) is 0.278. The summed E-state index contributed by atoms with van der Waals surface area (Å²) in [7, 11) is 0. The summed E-state index contributed by atoms with van der Waals surface area (Å²) in [4.78, 5) is 10.8. The van der Waals surface area contributed by atoms with E-state index in [2.05, 4.69) is 6.92 Å². The summed E-state index contributed by atoms with van der Waals surface area (Å²) in [6.07, 6.45) is 17.4. The Hall–Kier alpha value is -1.51. The van der Waals surface area contributed by atoms with Crippen LogP contribution in [0.3, 0.4) is 0 Å². The van der Waals surface area contributed by atoms with Crippen LogP contribution < -0.4 is 0 Å². The second-order valence-electron chi connectivity index (χ2n) is 7.87. The molecular formula is C24H40O3. The number of phenols is 1. The summed E-state index contributed by atoms with van der Waals surface area (Å²) in [5.74, 6) is -0.120. The molecule has 0 aliphatic carbocycles. The number of carboxylic acids is 1. The maximum Gasteiger partial charge on any atom is 0.303 e. The van der Waals surface area contributed by atoms with Gasteiger partial charge in [-0.15, -0.1) is 0 Å². The lowest BCUT2D eigenvalue weighted by atomic mass is 9.88. The standard InChI is InChI=1S/C24H40O3/c1-2-3-4-5-6-7-8-9-10-11-12-16-21(17-15-20-24(26)27)22-18-13-14-19-23(22)25/h13-14,18-19,21,25H,2-12,15-17,20H2,1H3,(H,26,27). The Labute approximate surface area is 166 Å². The van der Waals surface area contributed by atoms with Crippen LogP contribution in [-0.4, -0.2) is 16.2 Å². The van der Waals surface area contributed by atoms with Gasteiger partial charge in [-0.1, -0.05) is 95.8 Å². The fraction of sp³-hybridized carbons (Fsp3) is 0.708. The molecule has 0 radical (unpaired) electrons. The summed E-state index contributed by atoms with van der Waals surface area (Å²) in [6.45, 7) is 2.26. The number of unbranched alkanes of at least 4 members (excludes halogenated alkanes) is 10. The maximum atomic E-state index is 10.8. The number of benzene rings is 1. The van der Waals surface area contributed by atoms with Gasteiger partial charge in [0.25, 0.3) is 0 Å². The zero-order chi connectivity index (χ0) is 19.7. The number of aliphatic carboxylic acids is 1. The van der Waals surface area contributed by atoms with E-state index in [0.29, 0.717) is 12.2 Å². The van der Waals surface area contributed by atoms with Crippen molar-refractivity contribution >= 4 is 5.97 Å². The van der Waals surface area contributed by atoms with E-state index in [9.17, 15) is 9.90 Å². The van der Waals surface area contributed by atoms with Crippen LogP contribution in [0.4, 0.5) is 0 Å². The molecule has 3 heteroatoms. The van der Waals surface area contributed by atoms with Gasteiger partial charge in [0.1, 0.15) is 5.75 Å². The number of hydrogen-bond donors (Lipinski definition) is 2. The Kier molecular flexibility index (Phi) is 13.5. The van der Waals surface area contributed by atoms with Crippen molar-refractivity contribution in [3.63, 3.8) is 0 Å². The number of para-hydroxylation sites is 1. The molecule has 27 heavy (non-hydrogen) atoms. The minimum absolute atomic E-state index is 0.211. The Morgan fingerprint density at radius 1 is 0.815 bits per heavy atom.